The van der Waals surface area contributed by atoms with Crippen molar-refractivity contribution in [2.45, 2.75) is 26.0 Å². The molecule has 0 radical (unpaired) electrons. The highest BCUT2D eigenvalue weighted by Gasteiger charge is 2.04. The molecule has 0 aliphatic rings. The lowest BCUT2D eigenvalue weighted by Crippen LogP contribution is -2.35. The summed E-state index contributed by atoms with van der Waals surface area (Å²) in [5.41, 5.74) is 2.02. The molecule has 20 heavy (non-hydrogen) atoms. The SMILES string of the molecule is COCc1ccccc1CNC(=O)NCCCC(=O)O. The summed E-state index contributed by atoms with van der Waals surface area (Å²) >= 11 is 0. The highest BCUT2D eigenvalue weighted by atomic mass is 16.5. The number of carbonyl (C=O) groups excluding carboxylic acids is 1. The van der Waals surface area contributed by atoms with E-state index in [0.29, 0.717) is 26.1 Å². The minimum absolute atomic E-state index is 0.0525. The number of methoxy groups -OCH3 is 1. The molecule has 1 aromatic carbocycles. The number of aliphatic carboxylic acids is 1. The first kappa shape index (κ1) is 16.0. The summed E-state index contributed by atoms with van der Waals surface area (Å²) in [6.07, 6.45) is 0.472. The Morgan fingerprint density at radius 3 is 2.55 bits per heavy atom. The lowest BCUT2D eigenvalue weighted by Gasteiger charge is -2.10. The van der Waals surface area contributed by atoms with Gasteiger partial charge in [-0.2, -0.15) is 0 Å². The Labute approximate surface area is 118 Å². The molecular weight excluding hydrogens is 260 g/mol. The molecule has 1 aromatic rings. The van der Waals surface area contributed by atoms with Gasteiger partial charge in [0.05, 0.1) is 6.61 Å². The molecule has 0 aliphatic carbocycles. The number of hydrogen-bond donors (Lipinski definition) is 3. The highest BCUT2D eigenvalue weighted by Crippen LogP contribution is 2.09. The molecule has 0 unspecified atom stereocenters. The number of carboxylic acid groups (broad SMARTS) is 1. The predicted octanol–water partition coefficient (Wildman–Crippen LogP) is 1.50. The van der Waals surface area contributed by atoms with Crippen LogP contribution in [0.3, 0.4) is 0 Å². The number of rotatable bonds is 8. The maximum atomic E-state index is 11.5. The molecule has 0 saturated heterocycles. The summed E-state index contributed by atoms with van der Waals surface area (Å²) in [7, 11) is 1.62. The summed E-state index contributed by atoms with van der Waals surface area (Å²) in [5.74, 6) is -0.860. The van der Waals surface area contributed by atoms with Crippen LogP contribution < -0.4 is 10.6 Å². The molecule has 0 aromatic heterocycles. The number of carboxylic acids is 1. The zero-order valence-electron chi connectivity index (χ0n) is 11.5. The first-order chi connectivity index (χ1) is 9.63. The second-order valence-corrected chi connectivity index (χ2v) is 4.31. The number of hydrogen-bond acceptors (Lipinski definition) is 3. The van der Waals surface area contributed by atoms with Crippen molar-refractivity contribution in [3.63, 3.8) is 0 Å². The van der Waals surface area contributed by atoms with Gasteiger partial charge < -0.3 is 20.5 Å². The van der Waals surface area contributed by atoms with Crippen LogP contribution in [0.2, 0.25) is 0 Å². The molecule has 6 heteroatoms. The third kappa shape index (κ3) is 6.19. The van der Waals surface area contributed by atoms with Gasteiger partial charge in [0, 0.05) is 26.6 Å². The van der Waals surface area contributed by atoms with Crippen molar-refractivity contribution in [3.8, 4) is 0 Å². The van der Waals surface area contributed by atoms with Crippen LogP contribution in [-0.2, 0) is 22.7 Å². The first-order valence-electron chi connectivity index (χ1n) is 6.42. The average molecular weight is 280 g/mol. The van der Waals surface area contributed by atoms with Gasteiger partial charge in [0.15, 0.2) is 0 Å². The van der Waals surface area contributed by atoms with Gasteiger partial charge in [0.25, 0.3) is 0 Å². The summed E-state index contributed by atoms with van der Waals surface area (Å²) in [6.45, 7) is 1.25. The number of ether oxygens (including phenoxy) is 1. The van der Waals surface area contributed by atoms with Crippen molar-refractivity contribution < 1.29 is 19.4 Å². The van der Waals surface area contributed by atoms with E-state index in [4.69, 9.17) is 9.84 Å². The second kappa shape index (κ2) is 8.92. The van der Waals surface area contributed by atoms with Crippen molar-refractivity contribution in [2.75, 3.05) is 13.7 Å². The fourth-order valence-electron chi connectivity index (χ4n) is 1.71. The maximum absolute atomic E-state index is 11.5. The molecule has 2 amide bonds. The molecule has 0 aliphatic heterocycles. The van der Waals surface area contributed by atoms with Crippen LogP contribution in [0.4, 0.5) is 4.79 Å². The van der Waals surface area contributed by atoms with Crippen LogP contribution in [0.5, 0.6) is 0 Å². The fraction of sp³-hybridized carbons (Fsp3) is 0.429. The van der Waals surface area contributed by atoms with Crippen LogP contribution >= 0.6 is 0 Å². The van der Waals surface area contributed by atoms with Crippen molar-refractivity contribution >= 4 is 12.0 Å². The number of nitrogens with one attached hydrogen (secondary N) is 2. The molecule has 0 saturated carbocycles. The van der Waals surface area contributed by atoms with Gasteiger partial charge in [0.2, 0.25) is 0 Å². The zero-order valence-corrected chi connectivity index (χ0v) is 11.5. The molecule has 3 N–H and O–H groups in total. The van der Waals surface area contributed by atoms with E-state index in [9.17, 15) is 9.59 Å². The Morgan fingerprint density at radius 1 is 1.20 bits per heavy atom. The number of carbonyl (C=O) groups is 2. The Morgan fingerprint density at radius 2 is 1.90 bits per heavy atom. The zero-order chi connectivity index (χ0) is 14.8. The molecule has 1 rings (SSSR count). The van der Waals surface area contributed by atoms with Gasteiger partial charge in [-0.15, -0.1) is 0 Å². The van der Waals surface area contributed by atoms with Crippen LogP contribution in [-0.4, -0.2) is 30.8 Å². The van der Waals surface area contributed by atoms with Crippen molar-refractivity contribution in [3.05, 3.63) is 35.4 Å². The molecular formula is C14H20N2O4. The van der Waals surface area contributed by atoms with E-state index in [1.54, 1.807) is 7.11 Å². The van der Waals surface area contributed by atoms with Gasteiger partial charge in [-0.05, 0) is 17.5 Å². The molecule has 0 atom stereocenters. The van der Waals surface area contributed by atoms with E-state index >= 15 is 0 Å². The maximum Gasteiger partial charge on any atom is 0.315 e. The van der Waals surface area contributed by atoms with Gasteiger partial charge in [-0.1, -0.05) is 24.3 Å². The Hall–Kier alpha value is -2.08. The summed E-state index contributed by atoms with van der Waals surface area (Å²) < 4.78 is 5.09. The summed E-state index contributed by atoms with van der Waals surface area (Å²) in [5, 5.41) is 13.8. The highest BCUT2D eigenvalue weighted by molar-refractivity contribution is 5.74. The first-order valence-corrected chi connectivity index (χ1v) is 6.42. The smallest absolute Gasteiger partial charge is 0.315 e. The van der Waals surface area contributed by atoms with Crippen LogP contribution in [0.25, 0.3) is 0 Å². The molecule has 110 valence electrons. The van der Waals surface area contributed by atoms with Crippen molar-refractivity contribution in [1.82, 2.24) is 10.6 Å². The fourth-order valence-corrected chi connectivity index (χ4v) is 1.71. The minimum Gasteiger partial charge on any atom is -0.481 e. The Bertz CT molecular complexity index is 449. The van der Waals surface area contributed by atoms with E-state index in [2.05, 4.69) is 10.6 Å². The number of urea groups is 1. The molecule has 0 fully saturated rings. The molecule has 0 heterocycles. The Balaban J connectivity index is 2.32. The van der Waals surface area contributed by atoms with Gasteiger partial charge >= 0.3 is 12.0 Å². The van der Waals surface area contributed by atoms with Crippen molar-refractivity contribution in [1.29, 1.82) is 0 Å². The van der Waals surface area contributed by atoms with E-state index in [-0.39, 0.29) is 12.5 Å². The Kier molecular flexibility index (Phi) is 7.13. The van der Waals surface area contributed by atoms with E-state index in [1.807, 2.05) is 24.3 Å². The number of amides is 2. The van der Waals surface area contributed by atoms with Gasteiger partial charge in [-0.3, -0.25) is 4.79 Å². The molecule has 0 spiro atoms. The predicted molar refractivity (Wildman–Crippen MR) is 74.3 cm³/mol. The third-order valence-electron chi connectivity index (χ3n) is 2.71. The van der Waals surface area contributed by atoms with Crippen LogP contribution in [0.1, 0.15) is 24.0 Å². The molecule has 0 bridgehead atoms. The summed E-state index contributed by atoms with van der Waals surface area (Å²) in [6, 6.07) is 7.40. The topological polar surface area (TPSA) is 87.7 Å². The quantitative estimate of drug-likeness (QED) is 0.630. The summed E-state index contributed by atoms with van der Waals surface area (Å²) in [4.78, 5) is 21.8. The van der Waals surface area contributed by atoms with Crippen LogP contribution in [0.15, 0.2) is 24.3 Å². The minimum atomic E-state index is -0.860. The third-order valence-corrected chi connectivity index (χ3v) is 2.71. The van der Waals surface area contributed by atoms with Gasteiger partial charge in [-0.25, -0.2) is 4.79 Å². The standard InChI is InChI=1S/C14H20N2O4/c1-20-10-12-6-3-2-5-11(12)9-16-14(19)15-8-4-7-13(17)18/h2-3,5-6H,4,7-10H2,1H3,(H,17,18)(H2,15,16,19). The van der Waals surface area contributed by atoms with E-state index in [1.165, 1.54) is 0 Å². The van der Waals surface area contributed by atoms with Gasteiger partial charge in [0.1, 0.15) is 0 Å². The van der Waals surface area contributed by atoms with E-state index < -0.39 is 5.97 Å². The molecule has 6 nitrogen and oxygen atoms in total. The normalized spacial score (nSPS) is 10.1. The largest absolute Gasteiger partial charge is 0.481 e. The number of benzene rings is 1. The van der Waals surface area contributed by atoms with E-state index in [0.717, 1.165) is 11.1 Å². The second-order valence-electron chi connectivity index (χ2n) is 4.31. The van der Waals surface area contributed by atoms with Crippen LogP contribution in [0, 0.1) is 0 Å². The lowest BCUT2D eigenvalue weighted by molar-refractivity contribution is -0.137. The van der Waals surface area contributed by atoms with Crippen molar-refractivity contribution in [2.24, 2.45) is 0 Å². The monoisotopic (exact) mass is 280 g/mol. The lowest BCUT2D eigenvalue weighted by atomic mass is 10.1. The average Bonchev–Trinajstić information content (AvgIpc) is 2.43.